The van der Waals surface area contributed by atoms with E-state index >= 15 is 0 Å². The first-order chi connectivity index (χ1) is 9.80. The summed E-state index contributed by atoms with van der Waals surface area (Å²) in [5.41, 5.74) is 7.90. The van der Waals surface area contributed by atoms with Crippen molar-refractivity contribution in [3.63, 3.8) is 0 Å². The van der Waals surface area contributed by atoms with Gasteiger partial charge in [0.05, 0.1) is 6.54 Å². The number of carbonyl (C=O) groups excluding carboxylic acids is 1. The Bertz CT molecular complexity index is 471. The van der Waals surface area contributed by atoms with Gasteiger partial charge in [-0.05, 0) is 44.5 Å². The molecule has 1 amide bonds. The van der Waals surface area contributed by atoms with E-state index < -0.39 is 0 Å². The molecule has 1 aromatic rings. The van der Waals surface area contributed by atoms with E-state index in [9.17, 15) is 4.79 Å². The molecule has 0 aliphatic rings. The maximum absolute atomic E-state index is 12.6. The normalized spacial score (nSPS) is 11.8. The Hall–Kier alpha value is -1.39. The highest BCUT2D eigenvalue weighted by atomic mass is 16.2. The maximum Gasteiger partial charge on any atom is 0.241 e. The molecule has 0 radical (unpaired) electrons. The second-order valence-corrected chi connectivity index (χ2v) is 6.47. The van der Waals surface area contributed by atoms with Gasteiger partial charge in [0.1, 0.15) is 0 Å². The Morgan fingerprint density at radius 2 is 1.90 bits per heavy atom. The monoisotopic (exact) mass is 291 g/mol. The van der Waals surface area contributed by atoms with Gasteiger partial charge in [0.15, 0.2) is 0 Å². The lowest BCUT2D eigenvalue weighted by molar-refractivity contribution is -0.119. The van der Waals surface area contributed by atoms with Crippen molar-refractivity contribution in [2.45, 2.75) is 27.7 Å². The first-order valence-electron chi connectivity index (χ1n) is 7.55. The number of hydrogen-bond acceptors (Lipinski definition) is 3. The minimum absolute atomic E-state index is 0.0226. The second kappa shape index (κ2) is 7.57. The molecular weight excluding hydrogens is 262 g/mol. The van der Waals surface area contributed by atoms with Crippen molar-refractivity contribution in [1.82, 2.24) is 4.90 Å². The van der Waals surface area contributed by atoms with Crippen LogP contribution in [0.25, 0.3) is 0 Å². The fourth-order valence-corrected chi connectivity index (χ4v) is 2.51. The molecule has 4 nitrogen and oxygen atoms in total. The van der Waals surface area contributed by atoms with Crippen molar-refractivity contribution in [1.29, 1.82) is 0 Å². The number of para-hydroxylation sites is 1. The van der Waals surface area contributed by atoms with E-state index in [0.29, 0.717) is 19.6 Å². The molecule has 118 valence electrons. The van der Waals surface area contributed by atoms with Crippen molar-refractivity contribution >= 4 is 11.6 Å². The molecule has 0 unspecified atom stereocenters. The van der Waals surface area contributed by atoms with Crippen molar-refractivity contribution in [3.05, 3.63) is 29.8 Å². The summed E-state index contributed by atoms with van der Waals surface area (Å²) in [6.45, 7) is 10.8. The van der Waals surface area contributed by atoms with Gasteiger partial charge < -0.3 is 10.6 Å². The lowest BCUT2D eigenvalue weighted by atomic mass is 9.93. The van der Waals surface area contributed by atoms with Crippen LogP contribution in [-0.2, 0) is 4.79 Å². The van der Waals surface area contributed by atoms with Gasteiger partial charge >= 0.3 is 0 Å². The summed E-state index contributed by atoms with van der Waals surface area (Å²) in [4.78, 5) is 16.5. The average Bonchev–Trinajstić information content (AvgIpc) is 2.41. The van der Waals surface area contributed by atoms with E-state index in [1.54, 1.807) is 0 Å². The van der Waals surface area contributed by atoms with Crippen molar-refractivity contribution in [2.24, 2.45) is 11.1 Å². The number of hydrogen-bond donors (Lipinski definition) is 1. The standard InChI is InChI=1S/C17H29N3O/c1-6-20(15-10-8-7-9-14(15)2)16(21)11-19(5)13-17(3,4)12-18/h7-10H,6,11-13,18H2,1-5H3. The molecule has 0 spiro atoms. The second-order valence-electron chi connectivity index (χ2n) is 6.47. The molecule has 1 aromatic carbocycles. The zero-order valence-corrected chi connectivity index (χ0v) is 14.0. The van der Waals surface area contributed by atoms with Crippen LogP contribution in [0.15, 0.2) is 24.3 Å². The topological polar surface area (TPSA) is 49.6 Å². The van der Waals surface area contributed by atoms with Gasteiger partial charge in [-0.2, -0.15) is 0 Å². The molecule has 0 heterocycles. The molecule has 1 rings (SSSR count). The average molecular weight is 291 g/mol. The maximum atomic E-state index is 12.6. The fraction of sp³-hybridized carbons (Fsp3) is 0.588. The third-order valence-corrected chi connectivity index (χ3v) is 3.68. The summed E-state index contributed by atoms with van der Waals surface area (Å²) in [6.07, 6.45) is 0. The quantitative estimate of drug-likeness (QED) is 0.838. The summed E-state index contributed by atoms with van der Waals surface area (Å²) in [5.74, 6) is 0.127. The zero-order valence-electron chi connectivity index (χ0n) is 14.0. The van der Waals surface area contributed by atoms with Gasteiger partial charge in [-0.1, -0.05) is 32.0 Å². The van der Waals surface area contributed by atoms with Crippen LogP contribution in [0.4, 0.5) is 5.69 Å². The van der Waals surface area contributed by atoms with Gasteiger partial charge in [-0.15, -0.1) is 0 Å². The van der Waals surface area contributed by atoms with E-state index in [1.807, 2.05) is 50.1 Å². The molecule has 21 heavy (non-hydrogen) atoms. The minimum Gasteiger partial charge on any atom is -0.330 e. The third kappa shape index (κ3) is 5.14. The summed E-state index contributed by atoms with van der Waals surface area (Å²) in [6, 6.07) is 8.00. The Labute approximate surface area is 128 Å². The molecule has 0 aliphatic carbocycles. The molecule has 4 heteroatoms. The molecular formula is C17H29N3O. The number of amides is 1. The third-order valence-electron chi connectivity index (χ3n) is 3.68. The highest BCUT2D eigenvalue weighted by Crippen LogP contribution is 2.20. The molecule has 0 aliphatic heterocycles. The lowest BCUT2D eigenvalue weighted by Crippen LogP contribution is -2.43. The van der Waals surface area contributed by atoms with Crippen LogP contribution in [0.1, 0.15) is 26.3 Å². The molecule has 2 N–H and O–H groups in total. The number of carbonyl (C=O) groups is 1. The number of rotatable bonds is 7. The number of anilines is 1. The number of benzene rings is 1. The fourth-order valence-electron chi connectivity index (χ4n) is 2.51. The van der Waals surface area contributed by atoms with Crippen LogP contribution >= 0.6 is 0 Å². The van der Waals surface area contributed by atoms with Crippen LogP contribution in [0.2, 0.25) is 0 Å². The van der Waals surface area contributed by atoms with Crippen LogP contribution < -0.4 is 10.6 Å². The molecule has 0 aromatic heterocycles. The smallest absolute Gasteiger partial charge is 0.241 e. The van der Waals surface area contributed by atoms with E-state index in [2.05, 4.69) is 18.7 Å². The first kappa shape index (κ1) is 17.7. The summed E-state index contributed by atoms with van der Waals surface area (Å²) in [5, 5.41) is 0. The Morgan fingerprint density at radius 1 is 1.29 bits per heavy atom. The number of nitrogens with zero attached hydrogens (tertiary/aromatic N) is 2. The summed E-state index contributed by atoms with van der Waals surface area (Å²) >= 11 is 0. The predicted molar refractivity (Wildman–Crippen MR) is 89.5 cm³/mol. The number of aryl methyl sites for hydroxylation is 1. The molecule has 0 saturated carbocycles. The van der Waals surface area contributed by atoms with E-state index in [-0.39, 0.29) is 11.3 Å². The van der Waals surface area contributed by atoms with E-state index in [1.165, 1.54) is 0 Å². The Morgan fingerprint density at radius 3 is 2.43 bits per heavy atom. The Balaban J connectivity index is 2.75. The lowest BCUT2D eigenvalue weighted by Gasteiger charge is -2.30. The van der Waals surface area contributed by atoms with Crippen LogP contribution in [0.5, 0.6) is 0 Å². The number of likely N-dealkylation sites (N-methyl/N-ethyl adjacent to an activating group) is 2. The van der Waals surface area contributed by atoms with Gasteiger partial charge in [0, 0.05) is 18.8 Å². The van der Waals surface area contributed by atoms with Crippen molar-refractivity contribution in [3.8, 4) is 0 Å². The van der Waals surface area contributed by atoms with Crippen molar-refractivity contribution < 1.29 is 4.79 Å². The van der Waals surface area contributed by atoms with E-state index in [4.69, 9.17) is 5.73 Å². The molecule has 0 atom stereocenters. The summed E-state index contributed by atoms with van der Waals surface area (Å²) in [7, 11) is 1.97. The van der Waals surface area contributed by atoms with Gasteiger partial charge in [0.25, 0.3) is 0 Å². The predicted octanol–water partition coefficient (Wildman–Crippen LogP) is 2.26. The SMILES string of the molecule is CCN(C(=O)CN(C)CC(C)(C)CN)c1ccccc1C. The van der Waals surface area contributed by atoms with Gasteiger partial charge in [-0.3, -0.25) is 9.69 Å². The molecule has 0 saturated heterocycles. The van der Waals surface area contributed by atoms with Crippen LogP contribution in [0, 0.1) is 12.3 Å². The van der Waals surface area contributed by atoms with Crippen LogP contribution in [-0.4, -0.2) is 44.0 Å². The highest BCUT2D eigenvalue weighted by Gasteiger charge is 2.22. The molecule has 0 fully saturated rings. The number of nitrogens with two attached hydrogens (primary N) is 1. The first-order valence-corrected chi connectivity index (χ1v) is 7.55. The Kier molecular flexibility index (Phi) is 6.37. The highest BCUT2D eigenvalue weighted by molar-refractivity contribution is 5.95. The van der Waals surface area contributed by atoms with Crippen LogP contribution in [0.3, 0.4) is 0 Å². The summed E-state index contributed by atoms with van der Waals surface area (Å²) < 4.78 is 0. The molecule has 0 bridgehead atoms. The zero-order chi connectivity index (χ0) is 16.0. The largest absolute Gasteiger partial charge is 0.330 e. The van der Waals surface area contributed by atoms with Gasteiger partial charge in [0.2, 0.25) is 5.91 Å². The van der Waals surface area contributed by atoms with Crippen molar-refractivity contribution in [2.75, 3.05) is 38.1 Å². The van der Waals surface area contributed by atoms with Gasteiger partial charge in [-0.25, -0.2) is 0 Å². The minimum atomic E-state index is 0.0226. The van der Waals surface area contributed by atoms with E-state index in [0.717, 1.165) is 17.8 Å².